The zero-order chi connectivity index (χ0) is 21.8. The number of hydrogen-bond donors (Lipinski definition) is 1. The van der Waals surface area contributed by atoms with Gasteiger partial charge in [-0.15, -0.1) is 0 Å². The van der Waals surface area contributed by atoms with E-state index in [9.17, 15) is 14.3 Å². The van der Waals surface area contributed by atoms with Gasteiger partial charge < -0.3 is 14.7 Å². The molecule has 2 atom stereocenters. The Hall–Kier alpha value is -3.33. The molecule has 31 heavy (non-hydrogen) atoms. The Bertz CT molecular complexity index is 1030. The summed E-state index contributed by atoms with van der Waals surface area (Å²) < 4.78 is 18.7. The first kappa shape index (κ1) is 20.9. The zero-order valence-corrected chi connectivity index (χ0v) is 17.2. The standard InChI is InChI=1S/C22H24FN5O3/c1-15-2-3-17(14-31-21-7-5-18(23)11-24-21)12-27(15)22(30)19-10-16(13-29)4-6-20(19)28-25-8-9-26-28/h4-11,15,17,29H,2-3,12-14H2,1H3/t15-,17-/m1/s1. The van der Waals surface area contributed by atoms with Crippen molar-refractivity contribution in [2.75, 3.05) is 13.2 Å². The van der Waals surface area contributed by atoms with Crippen LogP contribution in [0.15, 0.2) is 48.9 Å². The molecular weight excluding hydrogens is 401 g/mol. The first-order valence-corrected chi connectivity index (χ1v) is 10.2. The average Bonchev–Trinajstić information content (AvgIpc) is 3.33. The Balaban J connectivity index is 1.52. The van der Waals surface area contributed by atoms with Gasteiger partial charge in [0.25, 0.3) is 5.91 Å². The fourth-order valence-corrected chi connectivity index (χ4v) is 3.77. The fourth-order valence-electron chi connectivity index (χ4n) is 3.77. The van der Waals surface area contributed by atoms with Crippen LogP contribution >= 0.6 is 0 Å². The highest BCUT2D eigenvalue weighted by atomic mass is 19.1. The van der Waals surface area contributed by atoms with Gasteiger partial charge in [-0.3, -0.25) is 4.79 Å². The maximum absolute atomic E-state index is 13.5. The number of pyridine rings is 1. The Labute approximate surface area is 179 Å². The molecule has 0 unspecified atom stereocenters. The van der Waals surface area contributed by atoms with Crippen molar-refractivity contribution in [2.24, 2.45) is 5.92 Å². The minimum atomic E-state index is -0.414. The molecule has 9 heteroatoms. The van der Waals surface area contributed by atoms with Crippen molar-refractivity contribution in [3.8, 4) is 11.6 Å². The van der Waals surface area contributed by atoms with Crippen molar-refractivity contribution >= 4 is 5.91 Å². The second kappa shape index (κ2) is 9.22. The van der Waals surface area contributed by atoms with Crippen LogP contribution in [0.4, 0.5) is 4.39 Å². The van der Waals surface area contributed by atoms with Crippen molar-refractivity contribution < 1.29 is 19.0 Å². The van der Waals surface area contributed by atoms with Crippen LogP contribution in [0.2, 0.25) is 0 Å². The van der Waals surface area contributed by atoms with Gasteiger partial charge in [0.05, 0.1) is 43.1 Å². The summed E-state index contributed by atoms with van der Waals surface area (Å²) in [6.45, 7) is 2.78. The molecule has 0 bridgehead atoms. The van der Waals surface area contributed by atoms with E-state index < -0.39 is 5.82 Å². The molecule has 0 aliphatic carbocycles. The number of benzene rings is 1. The molecule has 1 N–H and O–H groups in total. The minimum Gasteiger partial charge on any atom is -0.477 e. The first-order chi connectivity index (χ1) is 15.0. The van der Waals surface area contributed by atoms with Gasteiger partial charge in [0.2, 0.25) is 5.88 Å². The topological polar surface area (TPSA) is 93.4 Å². The van der Waals surface area contributed by atoms with Crippen molar-refractivity contribution in [2.45, 2.75) is 32.4 Å². The van der Waals surface area contributed by atoms with Gasteiger partial charge >= 0.3 is 0 Å². The van der Waals surface area contributed by atoms with E-state index >= 15 is 0 Å². The van der Waals surface area contributed by atoms with Gasteiger partial charge in [-0.1, -0.05) is 6.07 Å². The number of halogens is 1. The number of ether oxygens (including phenoxy) is 1. The lowest BCUT2D eigenvalue weighted by Gasteiger charge is -2.38. The molecule has 2 aromatic heterocycles. The van der Waals surface area contributed by atoms with Crippen LogP contribution in [-0.4, -0.2) is 55.1 Å². The van der Waals surface area contributed by atoms with Crippen LogP contribution in [-0.2, 0) is 6.61 Å². The van der Waals surface area contributed by atoms with Crippen LogP contribution in [0, 0.1) is 11.7 Å². The molecule has 0 spiro atoms. The normalized spacial score (nSPS) is 18.7. The van der Waals surface area contributed by atoms with Gasteiger partial charge in [-0.05, 0) is 43.5 Å². The van der Waals surface area contributed by atoms with E-state index in [0.717, 1.165) is 19.0 Å². The fraction of sp³-hybridized carbons (Fsp3) is 0.364. The molecule has 3 heterocycles. The Kier molecular flexibility index (Phi) is 6.22. The molecule has 8 nitrogen and oxygen atoms in total. The summed E-state index contributed by atoms with van der Waals surface area (Å²) >= 11 is 0. The summed E-state index contributed by atoms with van der Waals surface area (Å²) in [7, 11) is 0. The second-order valence-electron chi connectivity index (χ2n) is 7.70. The molecular formula is C22H24FN5O3. The predicted octanol–water partition coefficient (Wildman–Crippen LogP) is 2.61. The highest BCUT2D eigenvalue weighted by molar-refractivity contribution is 5.98. The van der Waals surface area contributed by atoms with Crippen molar-refractivity contribution in [1.29, 1.82) is 0 Å². The van der Waals surface area contributed by atoms with Crippen LogP contribution in [0.1, 0.15) is 35.7 Å². The van der Waals surface area contributed by atoms with E-state index in [1.165, 1.54) is 16.9 Å². The van der Waals surface area contributed by atoms with E-state index in [-0.39, 0.29) is 24.5 Å². The van der Waals surface area contributed by atoms with Crippen LogP contribution in [0.25, 0.3) is 5.69 Å². The number of aliphatic hydroxyl groups excluding tert-OH is 1. The molecule has 1 aliphatic heterocycles. The zero-order valence-electron chi connectivity index (χ0n) is 17.2. The number of amides is 1. The summed E-state index contributed by atoms with van der Waals surface area (Å²) in [5, 5.41) is 17.9. The van der Waals surface area contributed by atoms with Crippen molar-refractivity contribution in [3.63, 3.8) is 0 Å². The number of aromatic nitrogens is 4. The Morgan fingerprint density at radius 3 is 2.74 bits per heavy atom. The molecule has 3 aromatic rings. The van der Waals surface area contributed by atoms with Gasteiger partial charge in [0, 0.05) is 24.6 Å². The van der Waals surface area contributed by atoms with Gasteiger partial charge in [0.1, 0.15) is 5.82 Å². The summed E-state index contributed by atoms with van der Waals surface area (Å²) in [5.41, 5.74) is 1.65. The number of piperidine rings is 1. The molecule has 1 aromatic carbocycles. The van der Waals surface area contributed by atoms with Gasteiger partial charge in [-0.25, -0.2) is 9.37 Å². The Morgan fingerprint density at radius 1 is 1.23 bits per heavy atom. The SMILES string of the molecule is C[C@@H]1CC[C@@H](COc2ccc(F)cn2)CN1C(=O)c1cc(CO)ccc1-n1nccn1. The summed E-state index contributed by atoms with van der Waals surface area (Å²) in [6.07, 6.45) is 5.97. The monoisotopic (exact) mass is 425 g/mol. The number of aliphatic hydroxyl groups is 1. The van der Waals surface area contributed by atoms with E-state index in [1.807, 2.05) is 11.8 Å². The summed E-state index contributed by atoms with van der Waals surface area (Å²) in [4.78, 5) is 20.7. The number of carbonyl (C=O) groups is 1. The number of carbonyl (C=O) groups excluding carboxylic acids is 1. The quantitative estimate of drug-likeness (QED) is 0.653. The van der Waals surface area contributed by atoms with Crippen LogP contribution in [0.5, 0.6) is 5.88 Å². The number of rotatable bonds is 6. The van der Waals surface area contributed by atoms with Crippen LogP contribution < -0.4 is 4.74 Å². The Morgan fingerprint density at radius 2 is 2.03 bits per heavy atom. The van der Waals surface area contributed by atoms with Crippen molar-refractivity contribution in [3.05, 3.63) is 65.9 Å². The average molecular weight is 425 g/mol. The predicted molar refractivity (Wildman–Crippen MR) is 110 cm³/mol. The first-order valence-electron chi connectivity index (χ1n) is 10.2. The number of likely N-dealkylation sites (tertiary alicyclic amines) is 1. The van der Waals surface area contributed by atoms with Gasteiger partial charge in [0.15, 0.2) is 0 Å². The third kappa shape index (κ3) is 4.72. The number of nitrogens with zero attached hydrogens (tertiary/aromatic N) is 5. The molecule has 162 valence electrons. The molecule has 4 rings (SSSR count). The molecule has 1 amide bonds. The molecule has 1 aliphatic rings. The third-order valence-electron chi connectivity index (χ3n) is 5.52. The minimum absolute atomic E-state index is 0.0592. The maximum atomic E-state index is 13.5. The maximum Gasteiger partial charge on any atom is 0.256 e. The molecule has 1 saturated heterocycles. The highest BCUT2D eigenvalue weighted by Gasteiger charge is 2.31. The largest absolute Gasteiger partial charge is 0.477 e. The summed E-state index contributed by atoms with van der Waals surface area (Å²) in [6, 6.07) is 8.04. The lowest BCUT2D eigenvalue weighted by atomic mass is 9.93. The smallest absolute Gasteiger partial charge is 0.256 e. The second-order valence-corrected chi connectivity index (χ2v) is 7.70. The molecule has 0 saturated carbocycles. The molecule has 0 radical (unpaired) electrons. The molecule has 1 fully saturated rings. The van der Waals surface area contributed by atoms with E-state index in [4.69, 9.17) is 4.74 Å². The highest BCUT2D eigenvalue weighted by Crippen LogP contribution is 2.26. The lowest BCUT2D eigenvalue weighted by Crippen LogP contribution is -2.47. The summed E-state index contributed by atoms with van der Waals surface area (Å²) in [5.74, 6) is -0.0669. The lowest BCUT2D eigenvalue weighted by molar-refractivity contribution is 0.0502. The van der Waals surface area contributed by atoms with Crippen LogP contribution in [0.3, 0.4) is 0 Å². The van der Waals surface area contributed by atoms with Gasteiger partial charge in [-0.2, -0.15) is 15.0 Å². The number of hydrogen-bond acceptors (Lipinski definition) is 6. The van der Waals surface area contributed by atoms with E-state index in [1.54, 1.807) is 30.6 Å². The van der Waals surface area contributed by atoms with E-state index in [2.05, 4.69) is 15.2 Å². The third-order valence-corrected chi connectivity index (χ3v) is 5.52. The van der Waals surface area contributed by atoms with E-state index in [0.29, 0.717) is 35.8 Å². The van der Waals surface area contributed by atoms with Crippen molar-refractivity contribution in [1.82, 2.24) is 24.9 Å².